The molecule has 1 fully saturated rings. The van der Waals surface area contributed by atoms with E-state index in [1.807, 2.05) is 0 Å². The standard InChI is InChI=1S/C17H20N2O7S/c1-26-9-8-19-16(21)13-3-2-12(10-14(13)27(19,24)25)15(20)18-6-4-11(5-7-18)17(22)23/h2-3,10-11H,4-9H2,1H3,(H,22,23). The number of benzene rings is 1. The first-order valence-corrected chi connectivity index (χ1v) is 9.93. The number of amides is 2. The lowest BCUT2D eigenvalue weighted by Crippen LogP contribution is -2.40. The minimum atomic E-state index is -4.02. The molecule has 1 saturated heterocycles. The van der Waals surface area contributed by atoms with Crippen molar-refractivity contribution in [2.24, 2.45) is 5.92 Å². The van der Waals surface area contributed by atoms with Crippen molar-refractivity contribution in [3.8, 4) is 0 Å². The van der Waals surface area contributed by atoms with E-state index in [0.717, 1.165) is 4.31 Å². The second-order valence-electron chi connectivity index (χ2n) is 6.49. The summed E-state index contributed by atoms with van der Waals surface area (Å²) < 4.78 is 30.9. The Balaban J connectivity index is 1.83. The first-order valence-electron chi connectivity index (χ1n) is 8.49. The molecule has 10 heteroatoms. The lowest BCUT2D eigenvalue weighted by atomic mass is 9.96. The van der Waals surface area contributed by atoms with Gasteiger partial charge in [0.05, 0.1) is 24.6 Å². The van der Waals surface area contributed by atoms with Crippen molar-refractivity contribution in [3.05, 3.63) is 29.3 Å². The average molecular weight is 396 g/mol. The van der Waals surface area contributed by atoms with Crippen LogP contribution in [0.1, 0.15) is 33.6 Å². The Kier molecular flexibility index (Phi) is 5.20. The highest BCUT2D eigenvalue weighted by molar-refractivity contribution is 7.90. The number of fused-ring (bicyclic) bond motifs is 1. The molecule has 2 heterocycles. The number of ether oxygens (including phenoxy) is 1. The van der Waals surface area contributed by atoms with Crippen LogP contribution in [0, 0.1) is 5.92 Å². The second kappa shape index (κ2) is 7.28. The maximum atomic E-state index is 12.7. The number of methoxy groups -OCH3 is 1. The van der Waals surface area contributed by atoms with Gasteiger partial charge in [-0.25, -0.2) is 12.7 Å². The Morgan fingerprint density at radius 3 is 2.52 bits per heavy atom. The molecule has 9 nitrogen and oxygen atoms in total. The summed E-state index contributed by atoms with van der Waals surface area (Å²) in [6.45, 7) is 0.554. The first kappa shape index (κ1) is 19.3. The maximum absolute atomic E-state index is 12.7. The number of carbonyl (C=O) groups is 3. The molecule has 1 aromatic rings. The lowest BCUT2D eigenvalue weighted by molar-refractivity contribution is -0.143. The van der Waals surface area contributed by atoms with Crippen LogP contribution in [0.5, 0.6) is 0 Å². The van der Waals surface area contributed by atoms with Crippen LogP contribution in [-0.2, 0) is 19.6 Å². The number of likely N-dealkylation sites (tertiary alicyclic amines) is 1. The van der Waals surface area contributed by atoms with Crippen LogP contribution in [0.25, 0.3) is 0 Å². The zero-order valence-corrected chi connectivity index (χ0v) is 15.6. The van der Waals surface area contributed by atoms with Gasteiger partial charge in [0.25, 0.3) is 21.8 Å². The SMILES string of the molecule is COCCN1C(=O)c2ccc(C(=O)N3CCC(C(=O)O)CC3)cc2S1(=O)=O. The predicted molar refractivity (Wildman–Crippen MR) is 92.8 cm³/mol. The highest BCUT2D eigenvalue weighted by Gasteiger charge is 2.41. The smallest absolute Gasteiger partial charge is 0.306 e. The number of hydrogen-bond acceptors (Lipinski definition) is 6. The minimum Gasteiger partial charge on any atom is -0.481 e. The number of carboxylic acid groups (broad SMARTS) is 1. The molecule has 0 radical (unpaired) electrons. The highest BCUT2D eigenvalue weighted by Crippen LogP contribution is 2.31. The van der Waals surface area contributed by atoms with Gasteiger partial charge >= 0.3 is 5.97 Å². The van der Waals surface area contributed by atoms with Crippen LogP contribution in [-0.4, -0.2) is 73.9 Å². The molecule has 2 aliphatic heterocycles. The fraction of sp³-hybridized carbons (Fsp3) is 0.471. The Labute approximate surface area is 156 Å². The lowest BCUT2D eigenvalue weighted by Gasteiger charge is -2.30. The number of sulfonamides is 1. The summed E-state index contributed by atoms with van der Waals surface area (Å²) in [5.41, 5.74) is 0.194. The molecule has 2 amide bonds. The summed E-state index contributed by atoms with van der Waals surface area (Å²) in [7, 11) is -2.61. The number of aliphatic carboxylic acids is 1. The van der Waals surface area contributed by atoms with Crippen LogP contribution in [0.4, 0.5) is 0 Å². The molecule has 0 unspecified atom stereocenters. The number of carbonyl (C=O) groups excluding carboxylic acids is 2. The van der Waals surface area contributed by atoms with E-state index in [4.69, 9.17) is 9.84 Å². The summed E-state index contributed by atoms with van der Waals surface area (Å²) in [6.07, 6.45) is 0.710. The maximum Gasteiger partial charge on any atom is 0.306 e. The van der Waals surface area contributed by atoms with Gasteiger partial charge < -0.3 is 14.7 Å². The summed E-state index contributed by atoms with van der Waals surface area (Å²) in [4.78, 5) is 37.4. The summed E-state index contributed by atoms with van der Waals surface area (Å²) >= 11 is 0. The number of hydrogen-bond donors (Lipinski definition) is 1. The fourth-order valence-electron chi connectivity index (χ4n) is 3.32. The molecule has 2 aliphatic rings. The van der Waals surface area contributed by atoms with Gasteiger partial charge in [-0.15, -0.1) is 0 Å². The van der Waals surface area contributed by atoms with Crippen LogP contribution < -0.4 is 0 Å². The molecule has 0 saturated carbocycles. The number of carboxylic acids is 1. The number of piperidine rings is 1. The van der Waals surface area contributed by atoms with Crippen molar-refractivity contribution in [2.45, 2.75) is 17.7 Å². The molecule has 146 valence electrons. The summed E-state index contributed by atoms with van der Waals surface area (Å²) in [5.74, 6) is -2.36. The van der Waals surface area contributed by atoms with Gasteiger partial charge in [-0.1, -0.05) is 0 Å². The molecule has 1 N–H and O–H groups in total. The monoisotopic (exact) mass is 396 g/mol. The van der Waals surface area contributed by atoms with E-state index >= 15 is 0 Å². The van der Waals surface area contributed by atoms with Crippen molar-refractivity contribution in [2.75, 3.05) is 33.4 Å². The first-order chi connectivity index (χ1) is 12.8. The molecular weight excluding hydrogens is 376 g/mol. The molecular formula is C17H20N2O7S. The molecule has 0 bridgehead atoms. The molecule has 0 aliphatic carbocycles. The fourth-order valence-corrected chi connectivity index (χ4v) is 4.89. The second-order valence-corrected chi connectivity index (χ2v) is 8.32. The van der Waals surface area contributed by atoms with Crippen molar-refractivity contribution in [1.29, 1.82) is 0 Å². The van der Waals surface area contributed by atoms with Gasteiger partial charge in [0.1, 0.15) is 4.90 Å². The number of nitrogens with zero attached hydrogens (tertiary/aromatic N) is 2. The van der Waals surface area contributed by atoms with E-state index in [9.17, 15) is 22.8 Å². The molecule has 0 atom stereocenters. The Morgan fingerprint density at radius 1 is 1.26 bits per heavy atom. The quantitative estimate of drug-likeness (QED) is 0.765. The third kappa shape index (κ3) is 3.42. The van der Waals surface area contributed by atoms with E-state index in [1.54, 1.807) is 0 Å². The van der Waals surface area contributed by atoms with Crippen molar-refractivity contribution < 1.29 is 32.6 Å². The average Bonchev–Trinajstić information content (AvgIpc) is 2.85. The van der Waals surface area contributed by atoms with Crippen LogP contribution in [0.15, 0.2) is 23.1 Å². The molecule has 1 aromatic carbocycles. The highest BCUT2D eigenvalue weighted by atomic mass is 32.2. The van der Waals surface area contributed by atoms with E-state index in [-0.39, 0.29) is 35.1 Å². The van der Waals surface area contributed by atoms with Gasteiger partial charge in [0.2, 0.25) is 0 Å². The van der Waals surface area contributed by atoms with Crippen LogP contribution >= 0.6 is 0 Å². The van der Waals surface area contributed by atoms with E-state index in [2.05, 4.69) is 0 Å². The Hall–Kier alpha value is -2.46. The van der Waals surface area contributed by atoms with Gasteiger partial charge in [-0.3, -0.25) is 14.4 Å². The van der Waals surface area contributed by atoms with Gasteiger partial charge in [-0.2, -0.15) is 0 Å². The zero-order valence-electron chi connectivity index (χ0n) is 14.8. The Bertz CT molecular complexity index is 889. The molecule has 0 aromatic heterocycles. The van der Waals surface area contributed by atoms with Gasteiger partial charge in [0, 0.05) is 25.8 Å². The largest absolute Gasteiger partial charge is 0.481 e. The third-order valence-corrected chi connectivity index (χ3v) is 6.71. The topological polar surface area (TPSA) is 121 Å². The Morgan fingerprint density at radius 2 is 1.93 bits per heavy atom. The number of rotatable bonds is 5. The summed E-state index contributed by atoms with van der Waals surface area (Å²) in [6, 6.07) is 4.00. The molecule has 0 spiro atoms. The predicted octanol–water partition coefficient (Wildman–Crippen LogP) is 0.414. The zero-order chi connectivity index (χ0) is 19.8. The third-order valence-electron chi connectivity index (χ3n) is 4.88. The van der Waals surface area contributed by atoms with E-state index in [1.165, 1.54) is 30.2 Å². The minimum absolute atomic E-state index is 0.0345. The van der Waals surface area contributed by atoms with E-state index < -0.39 is 27.8 Å². The van der Waals surface area contributed by atoms with Crippen molar-refractivity contribution in [1.82, 2.24) is 9.21 Å². The van der Waals surface area contributed by atoms with Crippen molar-refractivity contribution in [3.63, 3.8) is 0 Å². The van der Waals surface area contributed by atoms with Crippen LogP contribution in [0.2, 0.25) is 0 Å². The van der Waals surface area contributed by atoms with Crippen molar-refractivity contribution >= 4 is 27.8 Å². The normalized spacial score (nSPS) is 19.2. The van der Waals surface area contributed by atoms with Gasteiger partial charge in [-0.05, 0) is 31.0 Å². The van der Waals surface area contributed by atoms with Gasteiger partial charge in [0.15, 0.2) is 0 Å². The molecule has 27 heavy (non-hydrogen) atoms. The summed E-state index contributed by atoms with van der Waals surface area (Å²) in [5, 5.41) is 9.04. The van der Waals surface area contributed by atoms with Crippen LogP contribution in [0.3, 0.4) is 0 Å². The van der Waals surface area contributed by atoms with E-state index in [0.29, 0.717) is 25.9 Å². The molecule has 3 rings (SSSR count).